The van der Waals surface area contributed by atoms with E-state index in [1.165, 1.54) is 12.8 Å². The van der Waals surface area contributed by atoms with Crippen LogP contribution in [-0.2, 0) is 4.79 Å². The molecule has 0 aromatic carbocycles. The molecule has 1 aliphatic heterocycles. The third-order valence-corrected chi connectivity index (χ3v) is 5.42. The molecule has 3 heterocycles. The highest BCUT2D eigenvalue weighted by molar-refractivity contribution is 5.83. The van der Waals surface area contributed by atoms with Crippen LogP contribution in [0.5, 0.6) is 5.88 Å². The number of carbonyl (C=O) groups excluding carboxylic acids is 1. The van der Waals surface area contributed by atoms with Crippen LogP contribution < -0.4 is 10.1 Å². The first-order chi connectivity index (χ1) is 12.6. The molecule has 4 rings (SSSR count). The van der Waals surface area contributed by atoms with Crippen LogP contribution in [0.4, 0.5) is 6.01 Å². The maximum absolute atomic E-state index is 12.6. The van der Waals surface area contributed by atoms with E-state index in [1.54, 1.807) is 25.4 Å². The summed E-state index contributed by atoms with van der Waals surface area (Å²) in [5.74, 6) is 0.933. The Bertz CT molecular complexity index is 774. The lowest BCUT2D eigenvalue weighted by molar-refractivity contribution is -0.133. The molecule has 1 atom stereocenters. The number of anilines is 1. The number of amides is 1. The zero-order chi connectivity index (χ0) is 18.1. The van der Waals surface area contributed by atoms with Crippen molar-refractivity contribution in [1.82, 2.24) is 20.1 Å². The largest absolute Gasteiger partial charge is 0.481 e. The molecule has 1 saturated heterocycles. The minimum Gasteiger partial charge on any atom is -0.481 e. The minimum atomic E-state index is -0.412. The number of hydrogen-bond donors (Lipinski definition) is 1. The van der Waals surface area contributed by atoms with Gasteiger partial charge in [0.15, 0.2) is 0 Å². The highest BCUT2D eigenvalue weighted by Gasteiger charge is 2.45. The molecule has 1 saturated carbocycles. The molecule has 1 spiro atoms. The molecule has 1 aliphatic carbocycles. The first-order valence-corrected chi connectivity index (χ1v) is 8.98. The van der Waals surface area contributed by atoms with Gasteiger partial charge in [-0.25, -0.2) is 4.98 Å². The van der Waals surface area contributed by atoms with Gasteiger partial charge < -0.3 is 19.4 Å². The molecule has 138 valence electrons. The van der Waals surface area contributed by atoms with E-state index in [2.05, 4.69) is 20.5 Å². The number of nitrogens with one attached hydrogen (secondary N) is 1. The second-order valence-corrected chi connectivity index (χ2v) is 7.19. The highest BCUT2D eigenvalue weighted by atomic mass is 16.5. The Labute approximate surface area is 151 Å². The quantitative estimate of drug-likeness (QED) is 0.878. The van der Waals surface area contributed by atoms with Gasteiger partial charge >= 0.3 is 6.01 Å². The highest BCUT2D eigenvalue weighted by Crippen LogP contribution is 2.53. The number of aromatic nitrogens is 3. The number of piperidine rings is 1. The van der Waals surface area contributed by atoms with Crippen molar-refractivity contribution in [2.24, 2.45) is 5.41 Å². The van der Waals surface area contributed by atoms with Gasteiger partial charge in [-0.3, -0.25) is 4.79 Å². The molecule has 0 radical (unpaired) electrons. The van der Waals surface area contributed by atoms with Gasteiger partial charge in [0.1, 0.15) is 6.04 Å². The summed E-state index contributed by atoms with van der Waals surface area (Å²) in [6.45, 7) is 3.51. The van der Waals surface area contributed by atoms with Gasteiger partial charge in [-0.1, -0.05) is 5.10 Å². The summed E-state index contributed by atoms with van der Waals surface area (Å²) in [5.41, 5.74) is 1.25. The van der Waals surface area contributed by atoms with Crippen molar-refractivity contribution in [3.63, 3.8) is 0 Å². The lowest BCUT2D eigenvalue weighted by atomic mass is 9.93. The number of ether oxygens (including phenoxy) is 1. The Hall–Kier alpha value is -2.64. The third kappa shape index (κ3) is 3.36. The summed E-state index contributed by atoms with van der Waals surface area (Å²) in [6.07, 6.45) is 6.51. The van der Waals surface area contributed by atoms with Crippen LogP contribution in [0.2, 0.25) is 0 Å². The number of likely N-dealkylation sites (tertiary alicyclic amines) is 1. The van der Waals surface area contributed by atoms with E-state index in [4.69, 9.17) is 9.15 Å². The van der Waals surface area contributed by atoms with E-state index in [0.717, 1.165) is 25.9 Å². The fourth-order valence-electron chi connectivity index (χ4n) is 3.42. The van der Waals surface area contributed by atoms with Crippen molar-refractivity contribution >= 4 is 11.9 Å². The Balaban J connectivity index is 1.36. The summed E-state index contributed by atoms with van der Waals surface area (Å²) in [6, 6.07) is 3.33. The van der Waals surface area contributed by atoms with Gasteiger partial charge in [0.05, 0.1) is 12.7 Å². The number of hydrogen-bond acceptors (Lipinski definition) is 7. The molecule has 2 aromatic rings. The second kappa shape index (κ2) is 6.59. The molecule has 1 amide bonds. The van der Waals surface area contributed by atoms with Crippen LogP contribution in [0, 0.1) is 5.41 Å². The Morgan fingerprint density at radius 1 is 1.27 bits per heavy atom. The fraction of sp³-hybridized carbons (Fsp3) is 0.556. The first-order valence-electron chi connectivity index (χ1n) is 8.98. The first kappa shape index (κ1) is 16.8. The number of rotatable bonds is 5. The average molecular weight is 357 g/mol. The fourth-order valence-corrected chi connectivity index (χ4v) is 3.42. The maximum atomic E-state index is 12.6. The standard InChI is InChI=1S/C18H23N5O3/c1-12(16(24)23-9-7-18(5-6-18)8-10-23)20-17-22-21-15(26-17)13-3-4-14(25-2)19-11-13/h3-4,11-12H,5-10H2,1-2H3,(H,20,22). The average Bonchev–Trinajstić information content (AvgIpc) is 3.26. The summed E-state index contributed by atoms with van der Waals surface area (Å²) >= 11 is 0. The summed E-state index contributed by atoms with van der Waals surface area (Å²) < 4.78 is 10.6. The third-order valence-electron chi connectivity index (χ3n) is 5.42. The molecule has 0 bridgehead atoms. The number of carbonyl (C=O) groups is 1. The van der Waals surface area contributed by atoms with E-state index in [0.29, 0.717) is 22.7 Å². The van der Waals surface area contributed by atoms with Crippen molar-refractivity contribution in [1.29, 1.82) is 0 Å². The molecular weight excluding hydrogens is 334 g/mol. The smallest absolute Gasteiger partial charge is 0.316 e. The monoisotopic (exact) mass is 357 g/mol. The van der Waals surface area contributed by atoms with Crippen LogP contribution in [0.15, 0.2) is 22.7 Å². The lowest BCUT2D eigenvalue weighted by Gasteiger charge is -2.33. The number of methoxy groups -OCH3 is 1. The molecule has 8 nitrogen and oxygen atoms in total. The normalized spacial score (nSPS) is 19.2. The van der Waals surface area contributed by atoms with Crippen LogP contribution in [0.25, 0.3) is 11.5 Å². The maximum Gasteiger partial charge on any atom is 0.316 e. The summed E-state index contributed by atoms with van der Waals surface area (Å²) in [7, 11) is 1.56. The predicted molar refractivity (Wildman–Crippen MR) is 94.6 cm³/mol. The minimum absolute atomic E-state index is 0.0753. The van der Waals surface area contributed by atoms with Crippen LogP contribution >= 0.6 is 0 Å². The van der Waals surface area contributed by atoms with Crippen molar-refractivity contribution < 1.29 is 13.9 Å². The molecule has 8 heteroatoms. The molecule has 2 fully saturated rings. The van der Waals surface area contributed by atoms with Gasteiger partial charge in [0.25, 0.3) is 5.89 Å². The van der Waals surface area contributed by atoms with Crippen molar-refractivity contribution in [3.8, 4) is 17.3 Å². The summed E-state index contributed by atoms with van der Waals surface area (Å²) in [4.78, 5) is 18.7. The Kier molecular flexibility index (Phi) is 4.26. The van der Waals surface area contributed by atoms with Crippen molar-refractivity contribution in [2.75, 3.05) is 25.5 Å². The van der Waals surface area contributed by atoms with Crippen LogP contribution in [0.3, 0.4) is 0 Å². The van der Waals surface area contributed by atoms with Gasteiger partial charge in [-0.15, -0.1) is 5.10 Å². The Morgan fingerprint density at radius 2 is 2.04 bits per heavy atom. The predicted octanol–water partition coefficient (Wildman–Crippen LogP) is 2.34. The van der Waals surface area contributed by atoms with E-state index < -0.39 is 6.04 Å². The molecular formula is C18H23N5O3. The molecule has 26 heavy (non-hydrogen) atoms. The van der Waals surface area contributed by atoms with Crippen LogP contribution in [-0.4, -0.2) is 52.2 Å². The molecule has 1 unspecified atom stereocenters. The van der Waals surface area contributed by atoms with E-state index in [-0.39, 0.29) is 11.9 Å². The number of nitrogens with zero attached hydrogens (tertiary/aromatic N) is 4. The van der Waals surface area contributed by atoms with Gasteiger partial charge in [-0.2, -0.15) is 0 Å². The molecule has 2 aromatic heterocycles. The second-order valence-electron chi connectivity index (χ2n) is 7.19. The van der Waals surface area contributed by atoms with Gasteiger partial charge in [0, 0.05) is 25.4 Å². The number of pyridine rings is 1. The zero-order valence-corrected chi connectivity index (χ0v) is 15.1. The molecule has 1 N–H and O–H groups in total. The van der Waals surface area contributed by atoms with Crippen molar-refractivity contribution in [2.45, 2.75) is 38.6 Å². The van der Waals surface area contributed by atoms with Gasteiger partial charge in [-0.05, 0) is 44.1 Å². The van der Waals surface area contributed by atoms with E-state index in [1.807, 2.05) is 11.8 Å². The van der Waals surface area contributed by atoms with Crippen LogP contribution in [0.1, 0.15) is 32.6 Å². The lowest BCUT2D eigenvalue weighted by Crippen LogP contribution is -2.45. The Morgan fingerprint density at radius 3 is 2.65 bits per heavy atom. The van der Waals surface area contributed by atoms with E-state index >= 15 is 0 Å². The van der Waals surface area contributed by atoms with Crippen molar-refractivity contribution in [3.05, 3.63) is 18.3 Å². The SMILES string of the molecule is COc1ccc(-c2nnc(NC(C)C(=O)N3CCC4(CC3)CC4)o2)cn1. The van der Waals surface area contributed by atoms with Gasteiger partial charge in [0.2, 0.25) is 11.8 Å². The van der Waals surface area contributed by atoms with E-state index in [9.17, 15) is 4.79 Å². The molecule has 2 aliphatic rings. The summed E-state index contributed by atoms with van der Waals surface area (Å²) in [5, 5.41) is 11.0. The zero-order valence-electron chi connectivity index (χ0n) is 15.1. The topological polar surface area (TPSA) is 93.4 Å².